The first-order valence-electron chi connectivity index (χ1n) is 8.31. The number of methoxy groups -OCH3 is 3. The van der Waals surface area contributed by atoms with Gasteiger partial charge in [0.2, 0.25) is 5.75 Å². The van der Waals surface area contributed by atoms with E-state index in [1.54, 1.807) is 21.3 Å². The lowest BCUT2D eigenvalue weighted by Crippen LogP contribution is -2.25. The number of hydrogen-bond acceptors (Lipinski definition) is 4. The van der Waals surface area contributed by atoms with Crippen LogP contribution in [0.25, 0.3) is 10.9 Å². The fourth-order valence-electron chi connectivity index (χ4n) is 3.10. The molecule has 6 nitrogen and oxygen atoms in total. The smallest absolute Gasteiger partial charge is 0.269 e. The summed E-state index contributed by atoms with van der Waals surface area (Å²) in [5, 5.41) is 3.95. The first-order valence-corrected chi connectivity index (χ1v) is 9.11. The summed E-state index contributed by atoms with van der Waals surface area (Å²) in [5.74, 6) is 1.44. The number of carbonyl (C=O) groups excluding carboxylic acids is 1. The van der Waals surface area contributed by atoms with Gasteiger partial charge in [0.1, 0.15) is 5.69 Å². The number of amides is 1. The molecule has 1 amide bonds. The summed E-state index contributed by atoms with van der Waals surface area (Å²) in [6, 6.07) is 11.5. The van der Waals surface area contributed by atoms with Crippen molar-refractivity contribution in [2.45, 2.75) is 6.54 Å². The van der Waals surface area contributed by atoms with E-state index in [0.29, 0.717) is 29.5 Å². The quantitative estimate of drug-likeness (QED) is 0.641. The molecule has 0 aliphatic rings. The van der Waals surface area contributed by atoms with Gasteiger partial charge in [-0.25, -0.2) is 0 Å². The van der Waals surface area contributed by atoms with Crippen molar-refractivity contribution in [3.63, 3.8) is 0 Å². The van der Waals surface area contributed by atoms with Gasteiger partial charge in [-0.05, 0) is 39.7 Å². The van der Waals surface area contributed by atoms with Crippen LogP contribution in [0, 0.1) is 0 Å². The molecule has 1 aromatic heterocycles. The third kappa shape index (κ3) is 3.47. The van der Waals surface area contributed by atoms with Crippen molar-refractivity contribution < 1.29 is 19.0 Å². The minimum absolute atomic E-state index is 0.172. The number of hydrogen-bond donors (Lipinski definition) is 1. The summed E-state index contributed by atoms with van der Waals surface area (Å²) in [4.78, 5) is 12.8. The average molecular weight is 433 g/mol. The zero-order chi connectivity index (χ0) is 19.6. The molecule has 27 heavy (non-hydrogen) atoms. The highest BCUT2D eigenvalue weighted by Crippen LogP contribution is 2.38. The fraction of sp³-hybridized carbons (Fsp3) is 0.250. The average Bonchev–Trinajstić information content (AvgIpc) is 2.96. The van der Waals surface area contributed by atoms with E-state index in [1.807, 2.05) is 48.0 Å². The Morgan fingerprint density at radius 2 is 1.70 bits per heavy atom. The number of nitrogens with zero attached hydrogens (tertiary/aromatic N) is 1. The molecular weight excluding hydrogens is 412 g/mol. The summed E-state index contributed by atoms with van der Waals surface area (Å²) in [5.41, 5.74) is 2.40. The van der Waals surface area contributed by atoms with Crippen LogP contribution in [0.2, 0.25) is 0 Å². The predicted octanol–water partition coefficient (Wildman–Crippen LogP) is 3.90. The second-order valence-corrected chi connectivity index (χ2v) is 6.75. The molecule has 3 rings (SSSR count). The molecule has 1 heterocycles. The minimum Gasteiger partial charge on any atom is -0.493 e. The fourth-order valence-corrected chi connectivity index (χ4v) is 3.88. The van der Waals surface area contributed by atoms with Crippen LogP contribution in [0.15, 0.2) is 40.9 Å². The van der Waals surface area contributed by atoms with Crippen LogP contribution in [-0.4, -0.2) is 31.8 Å². The highest BCUT2D eigenvalue weighted by molar-refractivity contribution is 9.10. The standard InChI is InChI=1S/C20H21BrN2O4/c1-23-14-8-6-5-7-13(14)17(21)18(23)20(24)22-11-12-9-15(25-2)19(27-4)16(10-12)26-3/h5-10H,11H2,1-4H3,(H,22,24). The maximum atomic E-state index is 12.8. The van der Waals surface area contributed by atoms with Gasteiger partial charge in [0, 0.05) is 24.5 Å². The van der Waals surface area contributed by atoms with E-state index in [0.717, 1.165) is 20.9 Å². The number of aryl methyl sites for hydroxylation is 1. The maximum Gasteiger partial charge on any atom is 0.269 e. The number of fused-ring (bicyclic) bond motifs is 1. The second kappa shape index (κ2) is 7.92. The van der Waals surface area contributed by atoms with Crippen LogP contribution in [0.4, 0.5) is 0 Å². The summed E-state index contributed by atoms with van der Waals surface area (Å²) in [7, 11) is 6.56. The number of para-hydroxylation sites is 1. The Morgan fingerprint density at radius 1 is 1.07 bits per heavy atom. The van der Waals surface area contributed by atoms with Crippen LogP contribution in [-0.2, 0) is 13.6 Å². The normalized spacial score (nSPS) is 10.7. The van der Waals surface area contributed by atoms with E-state index < -0.39 is 0 Å². The molecule has 0 fully saturated rings. The lowest BCUT2D eigenvalue weighted by Gasteiger charge is -2.14. The Kier molecular flexibility index (Phi) is 5.60. The van der Waals surface area contributed by atoms with Crippen LogP contribution >= 0.6 is 15.9 Å². The third-order valence-electron chi connectivity index (χ3n) is 4.44. The van der Waals surface area contributed by atoms with E-state index >= 15 is 0 Å². The van der Waals surface area contributed by atoms with Gasteiger partial charge in [0.15, 0.2) is 11.5 Å². The van der Waals surface area contributed by atoms with Crippen LogP contribution in [0.5, 0.6) is 17.2 Å². The Balaban J connectivity index is 1.86. The van der Waals surface area contributed by atoms with Gasteiger partial charge in [-0.1, -0.05) is 18.2 Å². The first-order chi connectivity index (χ1) is 13.0. The lowest BCUT2D eigenvalue weighted by atomic mass is 10.1. The molecular formula is C20H21BrN2O4. The van der Waals surface area contributed by atoms with Crippen molar-refractivity contribution in [2.24, 2.45) is 7.05 Å². The number of rotatable bonds is 6. The van der Waals surface area contributed by atoms with E-state index in [2.05, 4.69) is 21.2 Å². The molecule has 0 atom stereocenters. The Morgan fingerprint density at radius 3 is 2.26 bits per heavy atom. The monoisotopic (exact) mass is 432 g/mol. The second-order valence-electron chi connectivity index (χ2n) is 5.96. The summed E-state index contributed by atoms with van der Waals surface area (Å²) in [6.07, 6.45) is 0. The SMILES string of the molecule is COc1cc(CNC(=O)c2c(Br)c3ccccc3n2C)cc(OC)c1OC. The zero-order valence-corrected chi connectivity index (χ0v) is 17.2. The summed E-state index contributed by atoms with van der Waals surface area (Å²) in [6.45, 7) is 0.323. The highest BCUT2D eigenvalue weighted by Gasteiger charge is 2.20. The number of halogens is 1. The largest absolute Gasteiger partial charge is 0.493 e. The van der Waals surface area contributed by atoms with Gasteiger partial charge in [0.25, 0.3) is 5.91 Å². The first kappa shape index (κ1) is 19.1. The minimum atomic E-state index is -0.172. The van der Waals surface area contributed by atoms with Crippen molar-refractivity contribution in [1.82, 2.24) is 9.88 Å². The molecule has 0 spiro atoms. The molecule has 0 saturated carbocycles. The lowest BCUT2D eigenvalue weighted by molar-refractivity contribution is 0.0942. The van der Waals surface area contributed by atoms with Gasteiger partial charge >= 0.3 is 0 Å². The molecule has 3 aromatic rings. The zero-order valence-electron chi connectivity index (χ0n) is 15.6. The van der Waals surface area contributed by atoms with E-state index in [4.69, 9.17) is 14.2 Å². The van der Waals surface area contributed by atoms with Crippen molar-refractivity contribution in [3.05, 3.63) is 52.1 Å². The molecule has 0 aliphatic carbocycles. The molecule has 0 saturated heterocycles. The Hall–Kier alpha value is -2.67. The predicted molar refractivity (Wildman–Crippen MR) is 108 cm³/mol. The molecule has 0 bridgehead atoms. The topological polar surface area (TPSA) is 61.7 Å². The van der Waals surface area contributed by atoms with Gasteiger partial charge in [0.05, 0.1) is 25.8 Å². The van der Waals surface area contributed by atoms with Gasteiger partial charge in [-0.3, -0.25) is 4.79 Å². The third-order valence-corrected chi connectivity index (χ3v) is 5.24. The van der Waals surface area contributed by atoms with E-state index in [1.165, 1.54) is 0 Å². The number of benzene rings is 2. The van der Waals surface area contributed by atoms with Crippen molar-refractivity contribution in [3.8, 4) is 17.2 Å². The van der Waals surface area contributed by atoms with Crippen LogP contribution in [0.3, 0.4) is 0 Å². The van der Waals surface area contributed by atoms with Gasteiger partial charge < -0.3 is 24.1 Å². The summed E-state index contributed by atoms with van der Waals surface area (Å²) >= 11 is 3.56. The molecule has 142 valence electrons. The number of nitrogens with one attached hydrogen (secondary N) is 1. The van der Waals surface area contributed by atoms with E-state index in [-0.39, 0.29) is 5.91 Å². The highest BCUT2D eigenvalue weighted by atomic mass is 79.9. The molecule has 1 N–H and O–H groups in total. The molecule has 0 radical (unpaired) electrons. The number of ether oxygens (including phenoxy) is 3. The summed E-state index contributed by atoms with van der Waals surface area (Å²) < 4.78 is 18.7. The molecule has 2 aromatic carbocycles. The van der Waals surface area contributed by atoms with Crippen molar-refractivity contribution in [2.75, 3.05) is 21.3 Å². The van der Waals surface area contributed by atoms with E-state index in [9.17, 15) is 4.79 Å². The van der Waals surface area contributed by atoms with Gasteiger partial charge in [-0.15, -0.1) is 0 Å². The Bertz CT molecular complexity index is 933. The molecule has 0 unspecified atom stereocenters. The Labute approximate surface area is 166 Å². The molecule has 7 heteroatoms. The van der Waals surface area contributed by atoms with Crippen LogP contribution in [0.1, 0.15) is 16.1 Å². The van der Waals surface area contributed by atoms with Crippen molar-refractivity contribution in [1.29, 1.82) is 0 Å². The number of aromatic nitrogens is 1. The van der Waals surface area contributed by atoms with Crippen molar-refractivity contribution >= 4 is 32.7 Å². The molecule has 0 aliphatic heterocycles. The maximum absolute atomic E-state index is 12.8. The van der Waals surface area contributed by atoms with Crippen LogP contribution < -0.4 is 19.5 Å². The van der Waals surface area contributed by atoms with Gasteiger partial charge in [-0.2, -0.15) is 0 Å². The number of carbonyl (C=O) groups is 1.